The highest BCUT2D eigenvalue weighted by molar-refractivity contribution is 6.21. The minimum absolute atomic E-state index is 0.0368. The lowest BCUT2D eigenvalue weighted by Crippen LogP contribution is -2.33. The molecule has 1 saturated heterocycles. The summed E-state index contributed by atoms with van der Waals surface area (Å²) >= 11 is 6.54. The lowest BCUT2D eigenvalue weighted by atomic mass is 10.0. The molecule has 6 nitrogen and oxygen atoms in total. The third kappa shape index (κ3) is 5.48. The molecular weight excluding hydrogens is 380 g/mol. The summed E-state index contributed by atoms with van der Waals surface area (Å²) in [4.78, 5) is 16.3. The predicted octanol–water partition coefficient (Wildman–Crippen LogP) is 3.96. The van der Waals surface area contributed by atoms with Gasteiger partial charge in [-0.3, -0.25) is 4.79 Å². The Morgan fingerprint density at radius 1 is 1.46 bits per heavy atom. The third-order valence-corrected chi connectivity index (χ3v) is 5.60. The Hall–Kier alpha value is -2.07. The highest BCUT2D eigenvalue weighted by Gasteiger charge is 2.33. The molecule has 1 aliphatic rings. The van der Waals surface area contributed by atoms with Crippen molar-refractivity contribution in [3.8, 4) is 0 Å². The molecule has 0 amide bonds. The molecule has 1 aromatic rings. The first-order valence-electron chi connectivity index (χ1n) is 9.47. The Kier molecular flexibility index (Phi) is 8.31. The lowest BCUT2D eigenvalue weighted by molar-refractivity contribution is -0.137. The maximum Gasteiger partial charge on any atom is 0.303 e. The van der Waals surface area contributed by atoms with Gasteiger partial charge in [-0.2, -0.15) is 0 Å². The number of carboxylic acids is 1. The average Bonchev–Trinajstić information content (AvgIpc) is 3.03. The Morgan fingerprint density at radius 2 is 2.21 bits per heavy atom. The maximum absolute atomic E-state index is 10.6. The molecule has 1 aliphatic heterocycles. The second-order valence-corrected chi connectivity index (χ2v) is 7.63. The van der Waals surface area contributed by atoms with Crippen molar-refractivity contribution in [3.63, 3.8) is 0 Å². The van der Waals surface area contributed by atoms with E-state index in [4.69, 9.17) is 23.3 Å². The van der Waals surface area contributed by atoms with Crippen LogP contribution in [0.15, 0.2) is 24.3 Å². The molecule has 28 heavy (non-hydrogen) atoms. The fourth-order valence-corrected chi connectivity index (χ4v) is 3.93. The summed E-state index contributed by atoms with van der Waals surface area (Å²) in [5.74, 6) is -0.784. The molecule has 0 aromatic heterocycles. The fraction of sp³-hybridized carbons (Fsp3) is 0.524. The SMILES string of the molecule is [C-]#[N+]c1cc(C(O)CO)c(C)cc1N1CCC(Cl)C1CC=CCCCC(=O)O. The van der Waals surface area contributed by atoms with E-state index in [-0.39, 0.29) is 24.4 Å². The van der Waals surface area contributed by atoms with E-state index in [9.17, 15) is 15.0 Å². The zero-order valence-electron chi connectivity index (χ0n) is 16.0. The van der Waals surface area contributed by atoms with Gasteiger partial charge in [0.15, 0.2) is 0 Å². The van der Waals surface area contributed by atoms with Crippen LogP contribution in [0, 0.1) is 13.5 Å². The number of allylic oxidation sites excluding steroid dienone is 1. The molecule has 3 unspecified atom stereocenters. The number of carbonyl (C=O) groups is 1. The van der Waals surface area contributed by atoms with Crippen LogP contribution in [0.2, 0.25) is 0 Å². The summed E-state index contributed by atoms with van der Waals surface area (Å²) in [7, 11) is 0. The van der Waals surface area contributed by atoms with Gasteiger partial charge < -0.3 is 20.2 Å². The second-order valence-electron chi connectivity index (χ2n) is 7.07. The molecule has 0 radical (unpaired) electrons. The summed E-state index contributed by atoms with van der Waals surface area (Å²) in [5, 5.41) is 27.8. The van der Waals surface area contributed by atoms with E-state index in [1.54, 1.807) is 6.07 Å². The Balaban J connectivity index is 2.16. The third-order valence-electron chi connectivity index (χ3n) is 5.09. The number of aliphatic hydroxyl groups excluding tert-OH is 2. The van der Waals surface area contributed by atoms with Crippen LogP contribution in [0.25, 0.3) is 4.85 Å². The van der Waals surface area contributed by atoms with E-state index in [0.717, 1.165) is 30.6 Å². The molecule has 0 aliphatic carbocycles. The van der Waals surface area contributed by atoms with Crippen molar-refractivity contribution >= 4 is 28.9 Å². The quantitative estimate of drug-likeness (QED) is 0.250. The van der Waals surface area contributed by atoms with E-state index in [2.05, 4.69) is 9.74 Å². The summed E-state index contributed by atoms with van der Waals surface area (Å²) in [6, 6.07) is 3.59. The van der Waals surface area contributed by atoms with Crippen LogP contribution >= 0.6 is 11.6 Å². The maximum atomic E-state index is 10.6. The predicted molar refractivity (Wildman–Crippen MR) is 110 cm³/mol. The zero-order chi connectivity index (χ0) is 20.7. The molecule has 0 bridgehead atoms. The van der Waals surface area contributed by atoms with Crippen molar-refractivity contribution < 1.29 is 20.1 Å². The van der Waals surface area contributed by atoms with Crippen molar-refractivity contribution in [2.24, 2.45) is 0 Å². The van der Waals surface area contributed by atoms with Crippen molar-refractivity contribution in [1.29, 1.82) is 0 Å². The molecule has 152 valence electrons. The van der Waals surface area contributed by atoms with Gasteiger partial charge in [-0.25, -0.2) is 4.85 Å². The van der Waals surface area contributed by atoms with E-state index in [1.807, 2.05) is 25.1 Å². The van der Waals surface area contributed by atoms with Crippen molar-refractivity contribution in [1.82, 2.24) is 0 Å². The largest absolute Gasteiger partial charge is 0.481 e. The molecule has 2 rings (SSSR count). The monoisotopic (exact) mass is 406 g/mol. The van der Waals surface area contributed by atoms with E-state index in [1.165, 1.54) is 0 Å². The number of unbranched alkanes of at least 4 members (excludes halogenated alkanes) is 1. The average molecular weight is 407 g/mol. The van der Waals surface area contributed by atoms with Crippen LogP contribution in [-0.2, 0) is 4.79 Å². The number of alkyl halides is 1. The van der Waals surface area contributed by atoms with E-state index >= 15 is 0 Å². The van der Waals surface area contributed by atoms with Gasteiger partial charge in [-0.15, -0.1) is 11.6 Å². The van der Waals surface area contributed by atoms with Crippen LogP contribution in [0.4, 0.5) is 11.4 Å². The Labute approximate surface area is 170 Å². The summed E-state index contributed by atoms with van der Waals surface area (Å²) < 4.78 is 0. The molecule has 7 heteroatoms. The molecule has 3 atom stereocenters. The van der Waals surface area contributed by atoms with Crippen LogP contribution in [0.5, 0.6) is 0 Å². The summed E-state index contributed by atoms with van der Waals surface area (Å²) in [6.45, 7) is 9.75. The number of aliphatic carboxylic acids is 1. The smallest absolute Gasteiger partial charge is 0.303 e. The lowest BCUT2D eigenvalue weighted by Gasteiger charge is -2.29. The number of rotatable bonds is 9. The molecule has 0 spiro atoms. The van der Waals surface area contributed by atoms with Gasteiger partial charge in [-0.05, 0) is 55.9 Å². The molecular formula is C21H27ClN2O4. The molecule has 0 saturated carbocycles. The van der Waals surface area contributed by atoms with Gasteiger partial charge in [-0.1, -0.05) is 12.2 Å². The number of benzene rings is 1. The normalized spacial score (nSPS) is 20.5. The minimum atomic E-state index is -1.00. The van der Waals surface area contributed by atoms with Gasteiger partial charge in [0.2, 0.25) is 5.69 Å². The van der Waals surface area contributed by atoms with Gasteiger partial charge in [0.25, 0.3) is 0 Å². The second kappa shape index (κ2) is 10.5. The highest BCUT2D eigenvalue weighted by atomic mass is 35.5. The number of carboxylic acid groups (broad SMARTS) is 1. The minimum Gasteiger partial charge on any atom is -0.481 e. The zero-order valence-corrected chi connectivity index (χ0v) is 16.8. The summed E-state index contributed by atoms with van der Waals surface area (Å²) in [6.07, 6.45) is 6.05. The number of hydrogen-bond acceptors (Lipinski definition) is 4. The number of aryl methyl sites for hydroxylation is 1. The van der Waals surface area contributed by atoms with Gasteiger partial charge in [0, 0.05) is 24.7 Å². The van der Waals surface area contributed by atoms with E-state index in [0.29, 0.717) is 24.1 Å². The van der Waals surface area contributed by atoms with Crippen molar-refractivity contribution in [2.45, 2.75) is 56.6 Å². The Morgan fingerprint density at radius 3 is 2.86 bits per heavy atom. The number of anilines is 1. The van der Waals surface area contributed by atoms with E-state index < -0.39 is 12.1 Å². The molecule has 1 aromatic carbocycles. The standard InChI is InChI=1S/C21H27ClN2O4/c1-14-11-19(17(23-2)12-15(14)20(26)13-25)24-10-9-16(22)18(24)7-5-3-4-6-8-21(27)28/h3,5,11-12,16,18,20,25-26H,4,6-10,13H2,1H3,(H,27,28). The summed E-state index contributed by atoms with van der Waals surface area (Å²) in [5.41, 5.74) is 2.63. The van der Waals surface area contributed by atoms with Gasteiger partial charge >= 0.3 is 5.97 Å². The molecule has 3 N–H and O–H groups in total. The van der Waals surface area contributed by atoms with Crippen LogP contribution in [0.3, 0.4) is 0 Å². The number of nitrogens with zero attached hydrogens (tertiary/aromatic N) is 2. The van der Waals surface area contributed by atoms with Crippen LogP contribution in [0.1, 0.15) is 49.3 Å². The Bertz CT molecular complexity index is 760. The van der Waals surface area contributed by atoms with Gasteiger partial charge in [0.1, 0.15) is 6.10 Å². The first-order chi connectivity index (χ1) is 13.4. The van der Waals surface area contributed by atoms with Gasteiger partial charge in [0.05, 0.1) is 18.6 Å². The van der Waals surface area contributed by atoms with Crippen LogP contribution < -0.4 is 4.90 Å². The number of halogens is 1. The number of aliphatic hydroxyl groups is 2. The van der Waals surface area contributed by atoms with Crippen molar-refractivity contribution in [2.75, 3.05) is 18.1 Å². The molecule has 1 fully saturated rings. The fourth-order valence-electron chi connectivity index (χ4n) is 3.59. The molecule has 1 heterocycles. The topological polar surface area (TPSA) is 85.4 Å². The highest BCUT2D eigenvalue weighted by Crippen LogP contribution is 2.39. The van der Waals surface area contributed by atoms with Crippen LogP contribution in [-0.4, -0.2) is 45.9 Å². The first kappa shape index (κ1) is 22.2. The first-order valence-corrected chi connectivity index (χ1v) is 9.91. The number of hydrogen-bond donors (Lipinski definition) is 3. The van der Waals surface area contributed by atoms with Crippen molar-refractivity contribution in [3.05, 3.63) is 46.8 Å².